The van der Waals surface area contributed by atoms with Crippen LogP contribution in [0.4, 0.5) is 26.3 Å². The van der Waals surface area contributed by atoms with E-state index in [4.69, 9.17) is 0 Å². The number of H-pyrrole nitrogens is 1. The summed E-state index contributed by atoms with van der Waals surface area (Å²) in [5, 5.41) is 2.44. The predicted octanol–water partition coefficient (Wildman–Crippen LogP) is 4.93. The van der Waals surface area contributed by atoms with Gasteiger partial charge in [-0.25, -0.2) is 0 Å². The Hall–Kier alpha value is -3.56. The maximum Gasteiger partial charge on any atom is 0.431 e. The van der Waals surface area contributed by atoms with Crippen LogP contribution in [-0.4, -0.2) is 10.9 Å². The molecule has 1 amide bonds. The maximum absolute atomic E-state index is 13.1. The van der Waals surface area contributed by atoms with Gasteiger partial charge in [-0.1, -0.05) is 42.5 Å². The Morgan fingerprint density at radius 2 is 1.45 bits per heavy atom. The Bertz CT molecular complexity index is 1140. The summed E-state index contributed by atoms with van der Waals surface area (Å²) >= 11 is 0. The van der Waals surface area contributed by atoms with Gasteiger partial charge in [0, 0.05) is 0 Å². The Morgan fingerprint density at radius 3 is 2.03 bits per heavy atom. The summed E-state index contributed by atoms with van der Waals surface area (Å²) in [6.45, 7) is 0. The van der Waals surface area contributed by atoms with Crippen LogP contribution in [0.15, 0.2) is 71.5 Å². The predicted molar refractivity (Wildman–Crippen MR) is 99.3 cm³/mol. The van der Waals surface area contributed by atoms with Crippen molar-refractivity contribution in [3.05, 3.63) is 105 Å². The molecule has 4 nitrogen and oxygen atoms in total. The molecule has 1 aromatic heterocycles. The molecule has 3 aromatic rings. The molecule has 2 N–H and O–H groups in total. The fraction of sp³-hybridized carbons (Fsp3) is 0.143. The highest BCUT2D eigenvalue weighted by Crippen LogP contribution is 2.32. The number of carbonyl (C=O) groups is 1. The third-order valence-corrected chi connectivity index (χ3v) is 4.42. The van der Waals surface area contributed by atoms with Gasteiger partial charge in [-0.15, -0.1) is 0 Å². The molecule has 0 aliphatic heterocycles. The number of benzene rings is 2. The van der Waals surface area contributed by atoms with E-state index in [0.717, 1.165) is 12.1 Å². The third kappa shape index (κ3) is 5.14. The molecule has 1 unspecified atom stereocenters. The van der Waals surface area contributed by atoms with Crippen LogP contribution in [0.25, 0.3) is 0 Å². The first-order valence-electron chi connectivity index (χ1n) is 8.80. The highest BCUT2D eigenvalue weighted by atomic mass is 19.4. The monoisotopic (exact) mass is 440 g/mol. The van der Waals surface area contributed by atoms with Crippen LogP contribution in [0.3, 0.4) is 0 Å². The lowest BCUT2D eigenvalue weighted by Gasteiger charge is -2.21. The van der Waals surface area contributed by atoms with Gasteiger partial charge in [-0.2, -0.15) is 26.3 Å². The molecule has 0 saturated carbocycles. The summed E-state index contributed by atoms with van der Waals surface area (Å²) in [4.78, 5) is 26.2. The van der Waals surface area contributed by atoms with E-state index in [1.165, 1.54) is 12.1 Å². The second kappa shape index (κ2) is 8.29. The van der Waals surface area contributed by atoms with Crippen LogP contribution in [0, 0.1) is 0 Å². The van der Waals surface area contributed by atoms with Gasteiger partial charge in [0.15, 0.2) is 0 Å². The lowest BCUT2D eigenvalue weighted by molar-refractivity contribution is -0.141. The smallest absolute Gasteiger partial charge is 0.341 e. The van der Waals surface area contributed by atoms with E-state index in [2.05, 4.69) is 5.32 Å². The van der Waals surface area contributed by atoms with Gasteiger partial charge in [-0.05, 0) is 35.4 Å². The van der Waals surface area contributed by atoms with E-state index in [1.807, 2.05) is 0 Å². The minimum atomic E-state index is -4.81. The van der Waals surface area contributed by atoms with Gasteiger partial charge in [0.05, 0.1) is 11.6 Å². The zero-order chi connectivity index (χ0) is 22.8. The molecule has 3 rings (SSSR count). The number of aromatic nitrogens is 1. The molecule has 0 radical (unpaired) electrons. The van der Waals surface area contributed by atoms with Gasteiger partial charge in [-0.3, -0.25) is 9.59 Å². The van der Waals surface area contributed by atoms with Crippen LogP contribution in [-0.2, 0) is 12.4 Å². The normalized spacial score (nSPS) is 13.0. The summed E-state index contributed by atoms with van der Waals surface area (Å²) in [6.07, 6.45) is -9.43. The topological polar surface area (TPSA) is 62.0 Å². The number of carbonyl (C=O) groups excluding carboxylic acids is 1. The zero-order valence-electron chi connectivity index (χ0n) is 15.5. The first kappa shape index (κ1) is 22.1. The van der Waals surface area contributed by atoms with Crippen LogP contribution in [0.1, 0.15) is 38.8 Å². The quantitative estimate of drug-likeness (QED) is 0.565. The molecule has 0 aliphatic carbocycles. The van der Waals surface area contributed by atoms with Gasteiger partial charge in [0.25, 0.3) is 11.5 Å². The van der Waals surface area contributed by atoms with Crippen molar-refractivity contribution >= 4 is 5.91 Å². The summed E-state index contributed by atoms with van der Waals surface area (Å²) in [7, 11) is 0. The van der Waals surface area contributed by atoms with Crippen molar-refractivity contribution in [1.82, 2.24) is 10.3 Å². The molecule has 0 bridgehead atoms. The third-order valence-electron chi connectivity index (χ3n) is 4.42. The van der Waals surface area contributed by atoms with E-state index in [1.54, 1.807) is 35.3 Å². The number of hydrogen-bond donors (Lipinski definition) is 2. The SMILES string of the molecule is O=C(NC(c1ccccc1)c1cccc(C(F)(F)F)c1)c1ccc(C(F)(F)F)[nH]c1=O. The van der Waals surface area contributed by atoms with Crippen LogP contribution in [0.5, 0.6) is 0 Å². The van der Waals surface area contributed by atoms with Crippen molar-refractivity contribution in [2.75, 3.05) is 0 Å². The number of aromatic amines is 1. The first-order chi connectivity index (χ1) is 14.5. The van der Waals surface area contributed by atoms with E-state index in [0.29, 0.717) is 17.7 Å². The number of hydrogen-bond acceptors (Lipinski definition) is 2. The molecule has 0 aliphatic rings. The highest BCUT2D eigenvalue weighted by Gasteiger charge is 2.33. The molecular formula is C21H14F6N2O2. The second-order valence-electron chi connectivity index (χ2n) is 6.55. The lowest BCUT2D eigenvalue weighted by atomic mass is 9.96. The van der Waals surface area contributed by atoms with Gasteiger partial charge in [0.2, 0.25) is 0 Å². The van der Waals surface area contributed by atoms with E-state index in [9.17, 15) is 35.9 Å². The van der Waals surface area contributed by atoms with Crippen LogP contribution < -0.4 is 10.9 Å². The van der Waals surface area contributed by atoms with Crippen molar-refractivity contribution in [2.24, 2.45) is 0 Å². The lowest BCUT2D eigenvalue weighted by Crippen LogP contribution is -2.34. The Kier molecular flexibility index (Phi) is 5.92. The Morgan fingerprint density at radius 1 is 0.806 bits per heavy atom. The van der Waals surface area contributed by atoms with Crippen molar-refractivity contribution in [3.63, 3.8) is 0 Å². The largest absolute Gasteiger partial charge is 0.431 e. The average Bonchev–Trinajstić information content (AvgIpc) is 2.71. The zero-order valence-corrected chi connectivity index (χ0v) is 15.5. The van der Waals surface area contributed by atoms with Crippen molar-refractivity contribution < 1.29 is 31.1 Å². The molecule has 1 atom stereocenters. The van der Waals surface area contributed by atoms with Gasteiger partial charge < -0.3 is 10.3 Å². The Balaban J connectivity index is 1.99. The van der Waals surface area contributed by atoms with Crippen molar-refractivity contribution in [3.8, 4) is 0 Å². The molecule has 10 heteroatoms. The number of alkyl halides is 6. The highest BCUT2D eigenvalue weighted by molar-refractivity contribution is 5.94. The number of halogens is 6. The molecule has 31 heavy (non-hydrogen) atoms. The number of nitrogens with one attached hydrogen (secondary N) is 2. The Labute approximate surface area is 171 Å². The van der Waals surface area contributed by atoms with Gasteiger partial charge in [0.1, 0.15) is 11.3 Å². The molecular weight excluding hydrogens is 426 g/mol. The summed E-state index contributed by atoms with van der Waals surface area (Å²) in [5.74, 6) is -1.04. The molecule has 1 heterocycles. The molecule has 2 aromatic carbocycles. The van der Waals surface area contributed by atoms with E-state index in [-0.39, 0.29) is 5.56 Å². The van der Waals surface area contributed by atoms with Crippen LogP contribution >= 0.6 is 0 Å². The summed E-state index contributed by atoms with van der Waals surface area (Å²) < 4.78 is 77.5. The number of pyridine rings is 1. The average molecular weight is 440 g/mol. The van der Waals surface area contributed by atoms with Crippen LogP contribution in [0.2, 0.25) is 0 Å². The fourth-order valence-electron chi connectivity index (χ4n) is 2.93. The molecule has 0 fully saturated rings. The summed E-state index contributed by atoms with van der Waals surface area (Å²) in [6, 6.07) is 12.4. The van der Waals surface area contributed by atoms with Crippen molar-refractivity contribution in [2.45, 2.75) is 18.4 Å². The molecule has 162 valence electrons. The summed E-state index contributed by atoms with van der Waals surface area (Å²) in [5.41, 5.74) is -3.65. The van der Waals surface area contributed by atoms with E-state index < -0.39 is 46.7 Å². The number of amides is 1. The van der Waals surface area contributed by atoms with Gasteiger partial charge >= 0.3 is 12.4 Å². The first-order valence-corrected chi connectivity index (χ1v) is 8.80. The maximum atomic E-state index is 13.1. The van der Waals surface area contributed by atoms with Crippen molar-refractivity contribution in [1.29, 1.82) is 0 Å². The number of rotatable bonds is 4. The minimum Gasteiger partial charge on any atom is -0.341 e. The molecule has 0 spiro atoms. The molecule has 0 saturated heterocycles. The standard InChI is InChI=1S/C21H14F6N2O2/c22-20(23,24)14-8-4-7-13(11-14)17(12-5-2-1-3-6-12)29-19(31)15-9-10-16(21(25,26)27)28-18(15)30/h1-11,17H,(H,28,30)(H,29,31). The minimum absolute atomic E-state index is 0.0812. The van der Waals surface area contributed by atoms with E-state index >= 15 is 0 Å². The second-order valence-corrected chi connectivity index (χ2v) is 6.55. The fourth-order valence-corrected chi connectivity index (χ4v) is 2.93.